The third-order valence-electron chi connectivity index (χ3n) is 5.16. The van der Waals surface area contributed by atoms with E-state index in [4.69, 9.17) is 15.2 Å². The van der Waals surface area contributed by atoms with Crippen molar-refractivity contribution in [3.8, 4) is 11.5 Å². The Kier molecular flexibility index (Phi) is 9.01. The number of unbranched alkanes of at least 4 members (excludes halogenated alkanes) is 1. The van der Waals surface area contributed by atoms with Gasteiger partial charge in [-0.05, 0) is 48.7 Å². The number of halogens is 6. The number of rotatable bonds is 10. The highest BCUT2D eigenvalue weighted by Gasteiger charge is 2.37. The summed E-state index contributed by atoms with van der Waals surface area (Å²) in [6.07, 6.45) is -8.45. The molecule has 0 spiro atoms. The number of nitrogens with two attached hydrogens (primary N) is 1. The molecule has 0 fully saturated rings. The Balaban J connectivity index is 1.55. The lowest BCUT2D eigenvalue weighted by molar-refractivity contribution is -0.139. The Hall–Kier alpha value is -2.64. The van der Waals surface area contributed by atoms with Gasteiger partial charge in [0.2, 0.25) is 0 Å². The van der Waals surface area contributed by atoms with E-state index in [-0.39, 0.29) is 31.3 Å². The van der Waals surface area contributed by atoms with Crippen molar-refractivity contribution < 1.29 is 40.9 Å². The number of aliphatic hydroxyl groups is 1. The normalized spacial score (nSPS) is 17.2. The average molecular weight is 538 g/mol. The zero-order valence-corrected chi connectivity index (χ0v) is 20.0. The second-order valence-electron chi connectivity index (χ2n) is 7.95. The molecule has 13 heteroatoms. The lowest BCUT2D eigenvalue weighted by Gasteiger charge is -2.21. The van der Waals surface area contributed by atoms with Crippen molar-refractivity contribution in [3.05, 3.63) is 59.2 Å². The van der Waals surface area contributed by atoms with Crippen LogP contribution in [-0.4, -0.2) is 48.1 Å². The molecule has 0 aliphatic carbocycles. The van der Waals surface area contributed by atoms with E-state index in [2.05, 4.69) is 5.10 Å². The van der Waals surface area contributed by atoms with Gasteiger partial charge in [-0.1, -0.05) is 23.9 Å². The van der Waals surface area contributed by atoms with Crippen LogP contribution in [0.3, 0.4) is 0 Å². The summed E-state index contributed by atoms with van der Waals surface area (Å²) < 4.78 is 90.1. The summed E-state index contributed by atoms with van der Waals surface area (Å²) in [7, 11) is 1.61. The first kappa shape index (κ1) is 27.9. The summed E-state index contributed by atoms with van der Waals surface area (Å²) in [6, 6.07) is 7.50. The maximum atomic E-state index is 13.7. The van der Waals surface area contributed by atoms with Gasteiger partial charge in [0.05, 0.1) is 37.0 Å². The van der Waals surface area contributed by atoms with Gasteiger partial charge in [-0.25, -0.2) is 0 Å². The number of hydrazone groups is 1. The number of aliphatic hydroxyl groups excluding tert-OH is 1. The lowest BCUT2D eigenvalue weighted by Crippen LogP contribution is -2.31. The van der Waals surface area contributed by atoms with Crippen LogP contribution in [-0.2, 0) is 12.4 Å². The van der Waals surface area contributed by atoms with E-state index in [0.717, 1.165) is 30.0 Å². The van der Waals surface area contributed by atoms with Gasteiger partial charge < -0.3 is 20.3 Å². The molecule has 3 N–H and O–H groups in total. The minimum atomic E-state index is -4.66. The molecule has 198 valence electrons. The predicted octanol–water partition coefficient (Wildman–Crippen LogP) is 5.27. The first-order valence-corrected chi connectivity index (χ1v) is 11.8. The molecule has 36 heavy (non-hydrogen) atoms. The maximum Gasteiger partial charge on any atom is 0.419 e. The fraction of sp³-hybridized carbons (Fsp3) is 0.435. The van der Waals surface area contributed by atoms with Crippen LogP contribution in [0.2, 0.25) is 0 Å². The fourth-order valence-electron chi connectivity index (χ4n) is 3.33. The van der Waals surface area contributed by atoms with Crippen LogP contribution in [0.4, 0.5) is 26.3 Å². The maximum absolute atomic E-state index is 13.7. The molecule has 1 heterocycles. The smallest absolute Gasteiger partial charge is 0.419 e. The standard InChI is InChI=1S/C23H25F6N3O3S/c1-32-21(36-20(31-32)18(30)13-33)14-7-8-19(17(11-14)23(27,28)29)35-10-3-2-9-34-16-6-4-5-15(12-16)22(24,25)26/h4-8,11-12,18,21,33H,2-3,9-10,13,30H2,1H3. The largest absolute Gasteiger partial charge is 0.494 e. The van der Waals surface area contributed by atoms with Gasteiger partial charge in [0.25, 0.3) is 0 Å². The Bertz CT molecular complexity index is 1060. The summed E-state index contributed by atoms with van der Waals surface area (Å²) in [6.45, 7) is -0.289. The van der Waals surface area contributed by atoms with Crippen molar-refractivity contribution in [2.45, 2.75) is 36.6 Å². The number of thioether (sulfide) groups is 1. The van der Waals surface area contributed by atoms with Crippen molar-refractivity contribution >= 4 is 16.8 Å². The second-order valence-corrected chi connectivity index (χ2v) is 9.05. The quantitative estimate of drug-likeness (QED) is 0.318. The molecule has 2 unspecified atom stereocenters. The minimum absolute atomic E-state index is 0.0366. The molecule has 0 saturated carbocycles. The monoisotopic (exact) mass is 537 g/mol. The topological polar surface area (TPSA) is 80.3 Å². The number of benzene rings is 2. The highest BCUT2D eigenvalue weighted by atomic mass is 32.2. The number of alkyl halides is 6. The Morgan fingerprint density at radius 2 is 1.72 bits per heavy atom. The number of hydrogen-bond acceptors (Lipinski definition) is 7. The van der Waals surface area contributed by atoms with Crippen LogP contribution in [0.5, 0.6) is 11.5 Å². The Morgan fingerprint density at radius 3 is 2.36 bits per heavy atom. The highest BCUT2D eigenvalue weighted by Crippen LogP contribution is 2.43. The van der Waals surface area contributed by atoms with E-state index >= 15 is 0 Å². The van der Waals surface area contributed by atoms with Crippen LogP contribution in [0.1, 0.15) is 34.9 Å². The molecular formula is C23H25F6N3O3S. The molecule has 2 aromatic rings. The summed E-state index contributed by atoms with van der Waals surface area (Å²) >= 11 is 1.16. The third-order valence-corrected chi connectivity index (χ3v) is 6.59. The number of ether oxygens (including phenoxy) is 2. The molecule has 0 saturated heterocycles. The van der Waals surface area contributed by atoms with E-state index < -0.39 is 34.9 Å². The van der Waals surface area contributed by atoms with E-state index in [1.807, 2.05) is 0 Å². The van der Waals surface area contributed by atoms with Gasteiger partial charge in [0, 0.05) is 7.05 Å². The van der Waals surface area contributed by atoms with Gasteiger partial charge in [0.1, 0.15) is 21.9 Å². The Morgan fingerprint density at radius 1 is 1.03 bits per heavy atom. The fourth-order valence-corrected chi connectivity index (χ4v) is 4.47. The Labute approximate surface area is 208 Å². The summed E-state index contributed by atoms with van der Waals surface area (Å²) in [5.74, 6) is -0.272. The van der Waals surface area contributed by atoms with Gasteiger partial charge in [-0.3, -0.25) is 5.01 Å². The van der Waals surface area contributed by atoms with Crippen LogP contribution in [0.25, 0.3) is 0 Å². The first-order chi connectivity index (χ1) is 16.9. The van der Waals surface area contributed by atoms with Crippen molar-refractivity contribution in [1.82, 2.24) is 5.01 Å². The predicted molar refractivity (Wildman–Crippen MR) is 124 cm³/mol. The minimum Gasteiger partial charge on any atom is -0.494 e. The van der Waals surface area contributed by atoms with Crippen LogP contribution < -0.4 is 15.2 Å². The number of hydrogen-bond donors (Lipinski definition) is 2. The van der Waals surface area contributed by atoms with Crippen LogP contribution in [0, 0.1) is 0 Å². The molecule has 0 aromatic heterocycles. The van der Waals surface area contributed by atoms with E-state index in [9.17, 15) is 31.4 Å². The SMILES string of the molecule is CN1N=C(C(N)CO)SC1c1ccc(OCCCCOc2cccc(C(F)(F)F)c2)c(C(F)(F)F)c1. The summed E-state index contributed by atoms with van der Waals surface area (Å²) in [5.41, 5.74) is 4.35. The summed E-state index contributed by atoms with van der Waals surface area (Å²) in [5, 5.41) is 14.8. The van der Waals surface area contributed by atoms with E-state index in [1.165, 1.54) is 29.3 Å². The second kappa shape index (κ2) is 11.6. The molecule has 3 rings (SSSR count). The molecule has 0 amide bonds. The highest BCUT2D eigenvalue weighted by molar-refractivity contribution is 8.14. The van der Waals surface area contributed by atoms with Gasteiger partial charge in [-0.15, -0.1) is 0 Å². The summed E-state index contributed by atoms with van der Waals surface area (Å²) in [4.78, 5) is 0. The zero-order valence-electron chi connectivity index (χ0n) is 19.1. The van der Waals surface area contributed by atoms with Crippen molar-refractivity contribution in [1.29, 1.82) is 0 Å². The molecule has 2 atom stereocenters. The van der Waals surface area contributed by atoms with Gasteiger partial charge >= 0.3 is 12.4 Å². The van der Waals surface area contributed by atoms with E-state index in [1.54, 1.807) is 7.05 Å². The van der Waals surface area contributed by atoms with E-state index in [0.29, 0.717) is 23.4 Å². The van der Waals surface area contributed by atoms with Crippen molar-refractivity contribution in [3.63, 3.8) is 0 Å². The molecule has 1 aliphatic rings. The molecule has 1 aliphatic heterocycles. The van der Waals surface area contributed by atoms with Crippen molar-refractivity contribution in [2.75, 3.05) is 26.9 Å². The first-order valence-electron chi connectivity index (χ1n) is 10.9. The molecule has 0 bridgehead atoms. The number of nitrogens with zero attached hydrogens (tertiary/aromatic N) is 2. The zero-order chi connectivity index (χ0) is 26.5. The van der Waals surface area contributed by atoms with Crippen LogP contribution >= 0.6 is 11.8 Å². The van der Waals surface area contributed by atoms with Gasteiger partial charge in [-0.2, -0.15) is 31.4 Å². The average Bonchev–Trinajstić information content (AvgIpc) is 3.21. The molecular weight excluding hydrogens is 512 g/mol. The molecule has 2 aromatic carbocycles. The van der Waals surface area contributed by atoms with Crippen molar-refractivity contribution in [2.24, 2.45) is 10.8 Å². The van der Waals surface area contributed by atoms with Crippen LogP contribution in [0.15, 0.2) is 47.6 Å². The molecule has 0 radical (unpaired) electrons. The lowest BCUT2D eigenvalue weighted by atomic mass is 10.1. The third kappa shape index (κ3) is 7.20. The van der Waals surface area contributed by atoms with Gasteiger partial charge in [0.15, 0.2) is 0 Å². The molecule has 6 nitrogen and oxygen atoms in total.